The summed E-state index contributed by atoms with van der Waals surface area (Å²) in [5.74, 6) is 0. The predicted octanol–water partition coefficient (Wildman–Crippen LogP) is 1.89. The van der Waals surface area contributed by atoms with E-state index in [1.165, 1.54) is 12.4 Å². The Bertz CT molecular complexity index is 344. The number of hydrogen-bond donors (Lipinski definition) is 0. The second-order valence-corrected chi connectivity index (χ2v) is 2.46. The van der Waals surface area contributed by atoms with Gasteiger partial charge >= 0.3 is 0 Å². The highest BCUT2D eigenvalue weighted by Gasteiger charge is 1.99. The van der Waals surface area contributed by atoms with E-state index in [4.69, 9.17) is 0 Å². The first kappa shape index (κ1) is 7.06. The third-order valence-electron chi connectivity index (χ3n) is 1.68. The molecule has 3 nitrogen and oxygen atoms in total. The molecule has 0 unspecified atom stereocenters. The van der Waals surface area contributed by atoms with E-state index < -0.39 is 0 Å². The second kappa shape index (κ2) is 2.79. The van der Waals surface area contributed by atoms with Crippen LogP contribution in [0.25, 0.3) is 0 Å². The lowest BCUT2D eigenvalue weighted by molar-refractivity contribution is 1.29. The highest BCUT2D eigenvalue weighted by atomic mass is 16.5. The molecule has 0 saturated heterocycles. The van der Waals surface area contributed by atoms with Gasteiger partial charge in [0.25, 0.3) is 0 Å². The van der Waals surface area contributed by atoms with Crippen LogP contribution in [0, 0.1) is 5.21 Å². The van der Waals surface area contributed by atoms with Crippen LogP contribution in [0.3, 0.4) is 0 Å². The molecule has 1 aliphatic heterocycles. The van der Waals surface area contributed by atoms with E-state index in [9.17, 15) is 5.21 Å². The minimum Gasteiger partial charge on any atom is -0.754 e. The van der Waals surface area contributed by atoms with Crippen molar-refractivity contribution in [2.75, 3.05) is 5.06 Å². The molecule has 1 aliphatic rings. The minimum absolute atomic E-state index is 0.634. The normalized spacial score (nSPS) is 14.2. The van der Waals surface area contributed by atoms with Crippen LogP contribution in [0.1, 0.15) is 5.56 Å². The molecule has 0 aliphatic carbocycles. The summed E-state index contributed by atoms with van der Waals surface area (Å²) in [6.45, 7) is 0. The molecular formula is C9H7N2O-. The maximum Gasteiger partial charge on any atom is 0.0422 e. The van der Waals surface area contributed by atoms with Gasteiger partial charge in [-0.05, 0) is 6.07 Å². The zero-order valence-electron chi connectivity index (χ0n) is 6.34. The SMILES string of the molecule is [O-]N1C=CN=Cc2ccccc21. The third-order valence-corrected chi connectivity index (χ3v) is 1.68. The van der Waals surface area contributed by atoms with Crippen molar-refractivity contribution >= 4 is 11.9 Å². The molecule has 2 rings (SSSR count). The van der Waals surface area contributed by atoms with Crippen molar-refractivity contribution in [3.8, 4) is 0 Å². The van der Waals surface area contributed by atoms with E-state index in [0.717, 1.165) is 10.6 Å². The van der Waals surface area contributed by atoms with Gasteiger partial charge in [0.15, 0.2) is 0 Å². The van der Waals surface area contributed by atoms with Crippen LogP contribution in [-0.4, -0.2) is 6.21 Å². The predicted molar refractivity (Wildman–Crippen MR) is 49.0 cm³/mol. The molecule has 0 fully saturated rings. The van der Waals surface area contributed by atoms with E-state index in [-0.39, 0.29) is 0 Å². The molecule has 1 heterocycles. The summed E-state index contributed by atoms with van der Waals surface area (Å²) < 4.78 is 0. The second-order valence-electron chi connectivity index (χ2n) is 2.46. The number of nitrogens with zero attached hydrogens (tertiary/aromatic N) is 2. The fraction of sp³-hybridized carbons (Fsp3) is 0. The van der Waals surface area contributed by atoms with Crippen molar-refractivity contribution in [2.24, 2.45) is 4.99 Å². The molecule has 0 spiro atoms. The van der Waals surface area contributed by atoms with Gasteiger partial charge in [-0.1, -0.05) is 18.2 Å². The molecular weight excluding hydrogens is 152 g/mol. The summed E-state index contributed by atoms with van der Waals surface area (Å²) in [7, 11) is 0. The van der Waals surface area contributed by atoms with Crippen molar-refractivity contribution in [1.82, 2.24) is 0 Å². The van der Waals surface area contributed by atoms with Crippen LogP contribution in [0.4, 0.5) is 5.69 Å². The lowest BCUT2D eigenvalue weighted by Gasteiger charge is -2.26. The topological polar surface area (TPSA) is 38.7 Å². The van der Waals surface area contributed by atoms with Gasteiger partial charge in [0.05, 0.1) is 0 Å². The van der Waals surface area contributed by atoms with Crippen molar-refractivity contribution in [1.29, 1.82) is 0 Å². The number of hydrogen-bond acceptors (Lipinski definition) is 3. The lowest BCUT2D eigenvalue weighted by Crippen LogP contribution is -2.05. The van der Waals surface area contributed by atoms with E-state index in [0.29, 0.717) is 5.69 Å². The number of benzene rings is 1. The first-order valence-electron chi connectivity index (χ1n) is 3.63. The fourth-order valence-corrected chi connectivity index (χ4v) is 1.10. The highest BCUT2D eigenvalue weighted by molar-refractivity contribution is 5.89. The van der Waals surface area contributed by atoms with Gasteiger partial charge < -0.3 is 10.3 Å². The standard InChI is InChI=1S/C9H7N2O/c12-11-6-5-10-7-8-3-1-2-4-9(8)11/h1-7H/q-1. The maximum atomic E-state index is 11.3. The summed E-state index contributed by atoms with van der Waals surface area (Å²) in [5.41, 5.74) is 1.48. The molecule has 1 aromatic carbocycles. The van der Waals surface area contributed by atoms with Crippen LogP contribution >= 0.6 is 0 Å². The number of anilines is 1. The van der Waals surface area contributed by atoms with Gasteiger partial charge in [-0.25, -0.2) is 0 Å². The highest BCUT2D eigenvalue weighted by Crippen LogP contribution is 2.19. The molecule has 12 heavy (non-hydrogen) atoms. The Balaban J connectivity index is 2.56. The molecule has 0 bridgehead atoms. The van der Waals surface area contributed by atoms with E-state index in [1.54, 1.807) is 12.3 Å². The number of para-hydroxylation sites is 1. The third kappa shape index (κ3) is 1.10. The summed E-state index contributed by atoms with van der Waals surface area (Å²) >= 11 is 0. The fourth-order valence-electron chi connectivity index (χ4n) is 1.10. The number of rotatable bonds is 0. The summed E-state index contributed by atoms with van der Waals surface area (Å²) in [6.07, 6.45) is 4.54. The van der Waals surface area contributed by atoms with Crippen LogP contribution in [0.2, 0.25) is 0 Å². The van der Waals surface area contributed by atoms with E-state index >= 15 is 0 Å². The van der Waals surface area contributed by atoms with Crippen LogP contribution in [-0.2, 0) is 0 Å². The Hall–Kier alpha value is -1.61. The molecule has 0 amide bonds. The molecule has 3 heteroatoms. The Kier molecular flexibility index (Phi) is 1.64. The lowest BCUT2D eigenvalue weighted by atomic mass is 10.2. The first-order chi connectivity index (χ1) is 5.88. The molecule has 0 atom stereocenters. The molecule has 0 aromatic heterocycles. The Labute approximate surface area is 70.2 Å². The van der Waals surface area contributed by atoms with Crippen LogP contribution in [0.15, 0.2) is 41.7 Å². The average Bonchev–Trinajstić information content (AvgIpc) is 2.29. The quantitative estimate of drug-likeness (QED) is 0.579. The van der Waals surface area contributed by atoms with Gasteiger partial charge in [-0.15, -0.1) is 0 Å². The monoisotopic (exact) mass is 159 g/mol. The number of fused-ring (bicyclic) bond motifs is 1. The van der Waals surface area contributed by atoms with Gasteiger partial charge in [-0.3, -0.25) is 4.99 Å². The zero-order chi connectivity index (χ0) is 8.39. The summed E-state index contributed by atoms with van der Waals surface area (Å²) in [6, 6.07) is 7.33. The van der Waals surface area contributed by atoms with E-state index in [2.05, 4.69) is 4.99 Å². The van der Waals surface area contributed by atoms with Gasteiger partial charge in [0.1, 0.15) is 0 Å². The largest absolute Gasteiger partial charge is 0.754 e. The van der Waals surface area contributed by atoms with Crippen molar-refractivity contribution in [2.45, 2.75) is 0 Å². The van der Waals surface area contributed by atoms with Crippen LogP contribution < -0.4 is 5.06 Å². The molecule has 60 valence electrons. The maximum absolute atomic E-state index is 11.3. The minimum atomic E-state index is 0.634. The van der Waals surface area contributed by atoms with Crippen LogP contribution in [0.5, 0.6) is 0 Å². The van der Waals surface area contributed by atoms with Crippen molar-refractivity contribution in [3.63, 3.8) is 0 Å². The zero-order valence-corrected chi connectivity index (χ0v) is 6.34. The Morgan fingerprint density at radius 1 is 1.25 bits per heavy atom. The number of hydroxylamine groups is 1. The first-order valence-corrected chi connectivity index (χ1v) is 3.63. The van der Waals surface area contributed by atoms with Gasteiger partial charge in [0.2, 0.25) is 0 Å². The average molecular weight is 159 g/mol. The van der Waals surface area contributed by atoms with Crippen molar-refractivity contribution in [3.05, 3.63) is 47.4 Å². The van der Waals surface area contributed by atoms with E-state index in [1.807, 2.05) is 18.2 Å². The molecule has 0 saturated carbocycles. The Morgan fingerprint density at radius 2 is 2.08 bits per heavy atom. The van der Waals surface area contributed by atoms with Gasteiger partial charge in [0, 0.05) is 29.9 Å². The van der Waals surface area contributed by atoms with Gasteiger partial charge in [-0.2, -0.15) is 0 Å². The molecule has 0 N–H and O–H groups in total. The smallest absolute Gasteiger partial charge is 0.0422 e. The number of aliphatic imine (C=N–C) groups is 1. The Morgan fingerprint density at radius 3 is 3.00 bits per heavy atom. The molecule has 1 aromatic rings. The van der Waals surface area contributed by atoms with Crippen molar-refractivity contribution < 1.29 is 0 Å². The molecule has 0 radical (unpaired) electrons. The summed E-state index contributed by atoms with van der Waals surface area (Å²) in [4.78, 5) is 3.92. The summed E-state index contributed by atoms with van der Waals surface area (Å²) in [5, 5.41) is 12.1.